The van der Waals surface area contributed by atoms with E-state index in [0.29, 0.717) is 5.56 Å². The molecule has 2 aliphatic rings. The van der Waals surface area contributed by atoms with Crippen LogP contribution in [-0.2, 0) is 5.41 Å². The summed E-state index contributed by atoms with van der Waals surface area (Å²) >= 11 is 0. The van der Waals surface area contributed by atoms with Crippen LogP contribution >= 0.6 is 0 Å². The number of pyridine rings is 1. The van der Waals surface area contributed by atoms with Gasteiger partial charge in [-0.3, -0.25) is 9.78 Å². The molecule has 148 valence electrons. The van der Waals surface area contributed by atoms with E-state index in [2.05, 4.69) is 58.5 Å². The second kappa shape index (κ2) is 8.02. The van der Waals surface area contributed by atoms with Gasteiger partial charge < -0.3 is 15.1 Å². The number of fused-ring (bicyclic) bond motifs is 2. The van der Waals surface area contributed by atoms with Gasteiger partial charge in [0.25, 0.3) is 5.91 Å². The molecule has 1 aliphatic heterocycles. The second-order valence-electron chi connectivity index (χ2n) is 8.48. The van der Waals surface area contributed by atoms with Gasteiger partial charge in [-0.25, -0.2) is 0 Å². The van der Waals surface area contributed by atoms with E-state index in [9.17, 15) is 4.79 Å². The van der Waals surface area contributed by atoms with Crippen molar-refractivity contribution in [1.29, 1.82) is 0 Å². The van der Waals surface area contributed by atoms with Crippen molar-refractivity contribution in [3.63, 3.8) is 0 Å². The first-order chi connectivity index (χ1) is 13.6. The molecule has 4 rings (SSSR count). The fourth-order valence-corrected chi connectivity index (χ4v) is 4.78. The van der Waals surface area contributed by atoms with E-state index in [-0.39, 0.29) is 17.4 Å². The Morgan fingerprint density at radius 1 is 1.21 bits per heavy atom. The molecule has 1 fully saturated rings. The van der Waals surface area contributed by atoms with Crippen molar-refractivity contribution in [2.75, 3.05) is 40.3 Å². The number of aromatic nitrogens is 1. The number of likely N-dealkylation sites (N-methyl/N-ethyl adjacent to an activating group) is 1. The summed E-state index contributed by atoms with van der Waals surface area (Å²) < 4.78 is 0. The van der Waals surface area contributed by atoms with Crippen molar-refractivity contribution in [1.82, 2.24) is 20.1 Å². The molecule has 1 aromatic carbocycles. The summed E-state index contributed by atoms with van der Waals surface area (Å²) in [5.41, 5.74) is 3.55. The van der Waals surface area contributed by atoms with E-state index in [1.165, 1.54) is 11.1 Å². The lowest BCUT2D eigenvalue weighted by atomic mass is 9.73. The van der Waals surface area contributed by atoms with Crippen molar-refractivity contribution in [3.8, 4) is 0 Å². The molecule has 0 unspecified atom stereocenters. The third kappa shape index (κ3) is 3.82. The minimum absolute atomic E-state index is 0.0339. The van der Waals surface area contributed by atoms with Crippen molar-refractivity contribution in [3.05, 3.63) is 65.5 Å². The first kappa shape index (κ1) is 19.1. The first-order valence-corrected chi connectivity index (χ1v) is 10.2. The molecule has 1 saturated heterocycles. The number of amides is 1. The van der Waals surface area contributed by atoms with Crippen LogP contribution in [0.1, 0.15) is 46.8 Å². The number of hydrogen-bond donors (Lipinski definition) is 1. The Morgan fingerprint density at radius 2 is 2.00 bits per heavy atom. The normalized spacial score (nSPS) is 21.0. The largest absolute Gasteiger partial charge is 0.345 e. The summed E-state index contributed by atoms with van der Waals surface area (Å²) in [6.45, 7) is 4.50. The van der Waals surface area contributed by atoms with Gasteiger partial charge in [-0.05, 0) is 69.7 Å². The van der Waals surface area contributed by atoms with Crippen LogP contribution in [0.5, 0.6) is 0 Å². The zero-order valence-corrected chi connectivity index (χ0v) is 16.9. The van der Waals surface area contributed by atoms with Crippen LogP contribution < -0.4 is 5.32 Å². The number of carbonyl (C=O) groups is 1. The monoisotopic (exact) mass is 378 g/mol. The predicted octanol–water partition coefficient (Wildman–Crippen LogP) is 2.85. The van der Waals surface area contributed by atoms with Gasteiger partial charge in [0.05, 0.1) is 11.6 Å². The lowest BCUT2D eigenvalue weighted by Gasteiger charge is -2.40. The van der Waals surface area contributed by atoms with Crippen molar-refractivity contribution >= 4 is 5.91 Å². The third-order valence-corrected chi connectivity index (χ3v) is 6.41. The fraction of sp³-hybridized carbons (Fsp3) is 0.478. The third-order valence-electron chi connectivity index (χ3n) is 6.41. The maximum atomic E-state index is 12.7. The topological polar surface area (TPSA) is 48.5 Å². The Balaban J connectivity index is 1.48. The summed E-state index contributed by atoms with van der Waals surface area (Å²) in [6.07, 6.45) is 6.66. The molecule has 1 amide bonds. The smallest absolute Gasteiger partial charge is 0.253 e. The quantitative estimate of drug-likeness (QED) is 0.869. The molecule has 5 nitrogen and oxygen atoms in total. The van der Waals surface area contributed by atoms with Crippen LogP contribution in [0.25, 0.3) is 0 Å². The molecule has 0 radical (unpaired) electrons. The van der Waals surface area contributed by atoms with Crippen molar-refractivity contribution in [2.45, 2.75) is 30.7 Å². The summed E-state index contributed by atoms with van der Waals surface area (Å²) in [7, 11) is 4.27. The maximum Gasteiger partial charge on any atom is 0.253 e. The molecule has 5 heteroatoms. The lowest BCUT2D eigenvalue weighted by Crippen LogP contribution is -2.44. The number of rotatable bonds is 5. The van der Waals surface area contributed by atoms with E-state index in [1.54, 1.807) is 12.4 Å². The fourth-order valence-electron chi connectivity index (χ4n) is 4.78. The highest BCUT2D eigenvalue weighted by atomic mass is 16.1. The highest BCUT2D eigenvalue weighted by Gasteiger charge is 2.45. The van der Waals surface area contributed by atoms with E-state index < -0.39 is 0 Å². The second-order valence-corrected chi connectivity index (χ2v) is 8.48. The highest BCUT2D eigenvalue weighted by molar-refractivity contribution is 5.94. The first-order valence-electron chi connectivity index (χ1n) is 10.2. The summed E-state index contributed by atoms with van der Waals surface area (Å²) in [5, 5.41) is 3.28. The number of nitrogens with one attached hydrogen (secondary N) is 1. The summed E-state index contributed by atoms with van der Waals surface area (Å²) in [5.74, 6) is -0.0339. The number of piperidine rings is 1. The number of carbonyl (C=O) groups excluding carboxylic acids is 1. The number of nitrogens with zero attached hydrogens (tertiary/aromatic N) is 3. The Labute approximate surface area is 167 Å². The maximum absolute atomic E-state index is 12.7. The molecule has 2 aromatic rings. The van der Waals surface area contributed by atoms with Gasteiger partial charge in [-0.1, -0.05) is 24.3 Å². The van der Waals surface area contributed by atoms with Gasteiger partial charge in [0.2, 0.25) is 0 Å². The van der Waals surface area contributed by atoms with Gasteiger partial charge >= 0.3 is 0 Å². The average Bonchev–Trinajstić information content (AvgIpc) is 3.01. The van der Waals surface area contributed by atoms with Crippen LogP contribution in [0.4, 0.5) is 0 Å². The number of hydrogen-bond acceptors (Lipinski definition) is 4. The zero-order valence-electron chi connectivity index (χ0n) is 16.9. The molecule has 1 aromatic heterocycles. The Bertz CT molecular complexity index is 812. The van der Waals surface area contributed by atoms with Gasteiger partial charge in [0.15, 0.2) is 0 Å². The molecule has 1 atom stereocenters. The van der Waals surface area contributed by atoms with E-state index in [0.717, 1.165) is 45.4 Å². The molecular weight excluding hydrogens is 348 g/mol. The summed E-state index contributed by atoms with van der Waals surface area (Å²) in [4.78, 5) is 21.6. The molecule has 0 saturated carbocycles. The van der Waals surface area contributed by atoms with Crippen LogP contribution in [0.2, 0.25) is 0 Å². The molecule has 2 heterocycles. The number of benzene rings is 1. The molecule has 28 heavy (non-hydrogen) atoms. The van der Waals surface area contributed by atoms with Crippen LogP contribution in [0.3, 0.4) is 0 Å². The van der Waals surface area contributed by atoms with Gasteiger partial charge in [0, 0.05) is 30.9 Å². The van der Waals surface area contributed by atoms with E-state index in [1.807, 2.05) is 12.1 Å². The van der Waals surface area contributed by atoms with Crippen molar-refractivity contribution < 1.29 is 4.79 Å². The van der Waals surface area contributed by atoms with Gasteiger partial charge in [-0.2, -0.15) is 0 Å². The van der Waals surface area contributed by atoms with Crippen LogP contribution in [0, 0.1) is 0 Å². The standard InChI is InChI=1S/C23H30N4O/c1-26(2)14-15-27-12-9-23(10-13-27)16-21(19-7-3-4-8-20(19)23)25-22(28)18-6-5-11-24-17-18/h3-8,11,17,21H,9-10,12-16H2,1-2H3,(H,25,28)/t21-/m0/s1. The average molecular weight is 379 g/mol. The van der Waals surface area contributed by atoms with E-state index >= 15 is 0 Å². The Kier molecular flexibility index (Phi) is 5.47. The van der Waals surface area contributed by atoms with E-state index in [4.69, 9.17) is 0 Å². The molecule has 1 N–H and O–H groups in total. The molecule has 0 bridgehead atoms. The minimum Gasteiger partial charge on any atom is -0.345 e. The van der Waals surface area contributed by atoms with Crippen LogP contribution in [-0.4, -0.2) is 61.0 Å². The minimum atomic E-state index is -0.0339. The van der Waals surface area contributed by atoms with Gasteiger partial charge in [0.1, 0.15) is 0 Å². The number of likely N-dealkylation sites (tertiary alicyclic amines) is 1. The lowest BCUT2D eigenvalue weighted by molar-refractivity contribution is 0.0924. The zero-order chi connectivity index (χ0) is 19.6. The Hall–Kier alpha value is -2.24. The molecule has 1 aliphatic carbocycles. The highest BCUT2D eigenvalue weighted by Crippen LogP contribution is 2.50. The summed E-state index contributed by atoms with van der Waals surface area (Å²) in [6, 6.07) is 12.4. The van der Waals surface area contributed by atoms with Crippen molar-refractivity contribution in [2.24, 2.45) is 0 Å². The molecule has 1 spiro atoms. The SMILES string of the molecule is CN(C)CCN1CCC2(CC1)C[C@H](NC(=O)c1cccnc1)c1ccccc12. The predicted molar refractivity (Wildman–Crippen MR) is 111 cm³/mol. The van der Waals surface area contributed by atoms with Crippen LogP contribution in [0.15, 0.2) is 48.8 Å². The van der Waals surface area contributed by atoms with Gasteiger partial charge in [-0.15, -0.1) is 0 Å². The Morgan fingerprint density at radius 3 is 2.71 bits per heavy atom. The molecular formula is C23H30N4O.